The summed E-state index contributed by atoms with van der Waals surface area (Å²) in [5.41, 5.74) is 1.67. The van der Waals surface area contributed by atoms with Gasteiger partial charge >= 0.3 is 0 Å². The van der Waals surface area contributed by atoms with Crippen LogP contribution in [0.5, 0.6) is 5.75 Å². The molecule has 1 aliphatic rings. The zero-order valence-corrected chi connectivity index (χ0v) is 28.2. The van der Waals surface area contributed by atoms with Crippen LogP contribution in [-0.2, 0) is 35.7 Å². The number of aromatic nitrogens is 6. The van der Waals surface area contributed by atoms with Crippen molar-refractivity contribution in [2.45, 2.75) is 51.8 Å². The molecule has 4 heterocycles. The number of alkyl halides is 2. The van der Waals surface area contributed by atoms with Crippen LogP contribution in [0.4, 0.5) is 29.5 Å². The third kappa shape index (κ3) is 7.39. The van der Waals surface area contributed by atoms with Gasteiger partial charge in [-0.3, -0.25) is 0 Å². The minimum absolute atomic E-state index is 0.0583. The van der Waals surface area contributed by atoms with E-state index in [1.807, 2.05) is 34.1 Å². The molecule has 1 aliphatic heterocycles. The van der Waals surface area contributed by atoms with Crippen molar-refractivity contribution >= 4 is 37.4 Å². The number of morpholine rings is 1. The van der Waals surface area contributed by atoms with Gasteiger partial charge in [-0.2, -0.15) is 19.6 Å². The van der Waals surface area contributed by atoms with Crippen molar-refractivity contribution in [1.29, 1.82) is 0 Å². The lowest BCUT2D eigenvalue weighted by molar-refractivity contribution is 0.0882. The molecular formula is C32H38F4N8O3Si. The predicted molar refractivity (Wildman–Crippen MR) is 176 cm³/mol. The topological polar surface area (TPSA) is 95.1 Å². The molecule has 2 aromatic carbocycles. The molecule has 0 bridgehead atoms. The van der Waals surface area contributed by atoms with Crippen molar-refractivity contribution in [3.05, 3.63) is 71.2 Å². The van der Waals surface area contributed by atoms with Gasteiger partial charge < -0.3 is 28.6 Å². The number of fused-ring (bicyclic) bond motifs is 2. The third-order valence-electron chi connectivity index (χ3n) is 8.18. The second-order valence-electron chi connectivity index (χ2n) is 12.0. The molecule has 48 heavy (non-hydrogen) atoms. The molecular weight excluding hydrogens is 648 g/mol. The number of hydrogen-bond donors (Lipinski definition) is 0. The Morgan fingerprint density at radius 1 is 1.00 bits per heavy atom. The fourth-order valence-corrected chi connectivity index (χ4v) is 6.20. The Kier molecular flexibility index (Phi) is 10.4. The van der Waals surface area contributed by atoms with E-state index >= 15 is 4.39 Å². The van der Waals surface area contributed by atoms with Crippen LogP contribution in [0, 0.1) is 11.6 Å². The summed E-state index contributed by atoms with van der Waals surface area (Å²) in [4.78, 5) is 18.0. The van der Waals surface area contributed by atoms with Crippen LogP contribution < -0.4 is 14.5 Å². The summed E-state index contributed by atoms with van der Waals surface area (Å²) in [6.07, 6.45) is -1.75. The van der Waals surface area contributed by atoms with Crippen LogP contribution in [-0.4, -0.2) is 84.4 Å². The van der Waals surface area contributed by atoms with Crippen molar-refractivity contribution in [2.75, 3.05) is 49.8 Å². The molecule has 0 N–H and O–H groups in total. The van der Waals surface area contributed by atoms with Crippen LogP contribution >= 0.6 is 0 Å². The molecule has 0 amide bonds. The summed E-state index contributed by atoms with van der Waals surface area (Å²) in [6.45, 7) is 7.35. The number of methoxy groups -OCH3 is 1. The van der Waals surface area contributed by atoms with Gasteiger partial charge in [0.1, 0.15) is 23.8 Å². The monoisotopic (exact) mass is 686 g/mol. The molecule has 5 aromatic rings. The normalized spacial score (nSPS) is 13.8. The second kappa shape index (κ2) is 14.9. The van der Waals surface area contributed by atoms with Gasteiger partial charge in [-0.15, -0.1) is 0 Å². The predicted octanol–water partition coefficient (Wildman–Crippen LogP) is 5.07. The maximum atomic E-state index is 15.1. The minimum atomic E-state index is -2.60. The van der Waals surface area contributed by atoms with E-state index in [0.29, 0.717) is 61.9 Å². The zero-order valence-electron chi connectivity index (χ0n) is 27.1. The maximum Gasteiger partial charge on any atom is 0.242 e. The van der Waals surface area contributed by atoms with Gasteiger partial charge in [0, 0.05) is 47.0 Å². The highest BCUT2D eigenvalue weighted by molar-refractivity contribution is 6.55. The van der Waals surface area contributed by atoms with E-state index in [0.717, 1.165) is 17.7 Å². The number of hydrogen-bond acceptors (Lipinski definition) is 9. The van der Waals surface area contributed by atoms with Crippen LogP contribution in [0.3, 0.4) is 0 Å². The van der Waals surface area contributed by atoms with Crippen LogP contribution in [0.1, 0.15) is 17.0 Å². The van der Waals surface area contributed by atoms with E-state index in [9.17, 15) is 13.2 Å². The summed E-state index contributed by atoms with van der Waals surface area (Å²) in [5.74, 6) is -0.324. The molecule has 0 saturated carbocycles. The van der Waals surface area contributed by atoms with Crippen LogP contribution in [0.25, 0.3) is 16.7 Å². The first kappa shape index (κ1) is 33.6. The molecule has 0 spiro atoms. The van der Waals surface area contributed by atoms with E-state index in [1.54, 1.807) is 11.7 Å². The highest BCUT2D eigenvalue weighted by Crippen LogP contribution is 2.28. The van der Waals surface area contributed by atoms with Crippen molar-refractivity contribution < 1.29 is 31.8 Å². The van der Waals surface area contributed by atoms with Crippen LogP contribution in [0.15, 0.2) is 42.6 Å². The Morgan fingerprint density at radius 2 is 1.77 bits per heavy atom. The molecule has 256 valence electrons. The first-order valence-corrected chi connectivity index (χ1v) is 19.0. The number of anilines is 2. The van der Waals surface area contributed by atoms with Crippen molar-refractivity contribution in [2.24, 2.45) is 0 Å². The highest BCUT2D eigenvalue weighted by atomic mass is 28.3. The molecule has 0 radical (unpaired) electrons. The molecule has 0 atom stereocenters. The first-order chi connectivity index (χ1) is 23.2. The van der Waals surface area contributed by atoms with Crippen molar-refractivity contribution in [3.8, 4) is 5.75 Å². The highest BCUT2D eigenvalue weighted by Gasteiger charge is 2.26. The third-order valence-corrected chi connectivity index (χ3v) is 9.57. The molecule has 3 aromatic heterocycles. The molecule has 1 saturated heterocycles. The fraction of sp³-hybridized carbons (Fsp3) is 0.438. The Hall–Kier alpha value is -4.28. The minimum Gasteiger partial charge on any atom is -0.497 e. The van der Waals surface area contributed by atoms with Gasteiger partial charge in [0.15, 0.2) is 17.3 Å². The Labute approximate surface area is 276 Å². The number of imidazole rings is 1. The lowest BCUT2D eigenvalue weighted by atomic mass is 10.2. The maximum absolute atomic E-state index is 15.1. The van der Waals surface area contributed by atoms with Gasteiger partial charge in [-0.05, 0) is 35.9 Å². The average molecular weight is 687 g/mol. The van der Waals surface area contributed by atoms with Crippen molar-refractivity contribution in [1.82, 2.24) is 29.1 Å². The van der Waals surface area contributed by atoms with E-state index in [1.165, 1.54) is 16.8 Å². The number of benzene rings is 2. The number of ether oxygens (including phenoxy) is 3. The van der Waals surface area contributed by atoms with Gasteiger partial charge in [-0.25, -0.2) is 22.5 Å². The fourth-order valence-electron chi connectivity index (χ4n) is 5.56. The molecule has 11 nitrogen and oxygen atoms in total. The summed E-state index contributed by atoms with van der Waals surface area (Å²) >= 11 is 0. The molecule has 1 fully saturated rings. The van der Waals surface area contributed by atoms with Gasteiger partial charge in [0.25, 0.3) is 0 Å². The van der Waals surface area contributed by atoms with Gasteiger partial charge in [-0.1, -0.05) is 25.2 Å². The van der Waals surface area contributed by atoms with Crippen LogP contribution in [0.2, 0.25) is 19.1 Å². The van der Waals surface area contributed by atoms with E-state index in [-0.39, 0.29) is 36.5 Å². The zero-order chi connectivity index (χ0) is 33.8. The Balaban J connectivity index is 1.48. The second-order valence-corrected chi connectivity index (χ2v) is 15.4. The standard InChI is InChI=1S/C32H38F4N8O3Si/c1-45-23-6-4-21(5-7-23)18-42(19-27-38-29-25(9-8-24(33)28(29)36)43(27)20-47-14-15-48(2)3)32-40-31(41-10-12-46-13-11-41)39-30-22(16-26(34)35)17-37-44(30)32/h4-9,17,26,48H,10-16,18-20H2,1-3H3. The number of halogens is 4. The molecule has 6 rings (SSSR count). The smallest absolute Gasteiger partial charge is 0.242 e. The number of nitrogens with zero attached hydrogens (tertiary/aromatic N) is 8. The molecule has 0 aliphatic carbocycles. The first-order valence-electron chi connectivity index (χ1n) is 15.9. The summed E-state index contributed by atoms with van der Waals surface area (Å²) in [7, 11) is 0.705. The van der Waals surface area contributed by atoms with Crippen molar-refractivity contribution in [3.63, 3.8) is 0 Å². The van der Waals surface area contributed by atoms with Gasteiger partial charge in [0.2, 0.25) is 18.3 Å². The lowest BCUT2D eigenvalue weighted by Crippen LogP contribution is -2.38. The molecule has 0 unspecified atom stereocenters. The van der Waals surface area contributed by atoms with Gasteiger partial charge in [0.05, 0.1) is 38.6 Å². The van der Waals surface area contributed by atoms with E-state index in [2.05, 4.69) is 28.2 Å². The van der Waals surface area contributed by atoms with E-state index < -0.39 is 33.3 Å². The largest absolute Gasteiger partial charge is 0.497 e. The molecule has 16 heteroatoms. The quantitative estimate of drug-likeness (QED) is 0.0902. The average Bonchev–Trinajstić information content (AvgIpc) is 3.65. The van der Waals surface area contributed by atoms with E-state index in [4.69, 9.17) is 19.2 Å². The SMILES string of the molecule is COc1ccc(CN(Cc2nc3c(F)c(F)ccc3n2COCC[SiH](C)C)c2nc(N3CCOCC3)nc3c(CC(F)F)cnn23)cc1. The summed E-state index contributed by atoms with van der Waals surface area (Å²) in [5, 5.41) is 4.45. The summed E-state index contributed by atoms with van der Waals surface area (Å²) in [6, 6.07) is 11.0. The Bertz CT molecular complexity index is 1850. The summed E-state index contributed by atoms with van der Waals surface area (Å²) < 4.78 is 76.9. The lowest BCUT2D eigenvalue weighted by Gasteiger charge is -2.29. The Morgan fingerprint density at radius 3 is 2.48 bits per heavy atom. The number of rotatable bonds is 14.